The molecular weight excluding hydrogens is 410 g/mol. The Balaban J connectivity index is 1.82. The highest BCUT2D eigenvalue weighted by Crippen LogP contribution is 2.43. The molecule has 1 aliphatic rings. The molecule has 0 spiro atoms. The lowest BCUT2D eigenvalue weighted by Gasteiger charge is -2.12. The monoisotopic (exact) mass is 425 g/mol. The van der Waals surface area contributed by atoms with Crippen molar-refractivity contribution in [3.63, 3.8) is 0 Å². The summed E-state index contributed by atoms with van der Waals surface area (Å²) in [7, 11) is -3.84. The minimum Gasteiger partial charge on any atom is -0.376 e. The van der Waals surface area contributed by atoms with Gasteiger partial charge in [-0.1, -0.05) is 22.8 Å². The van der Waals surface area contributed by atoms with Crippen LogP contribution in [0.2, 0.25) is 5.02 Å². The number of rotatable bonds is 4. The normalized spacial score (nSPS) is 14.2. The van der Waals surface area contributed by atoms with E-state index in [0.717, 1.165) is 10.4 Å². The Bertz CT molecular complexity index is 1120. The molecule has 1 aromatic carbocycles. The van der Waals surface area contributed by atoms with Crippen LogP contribution in [-0.4, -0.2) is 25.2 Å². The summed E-state index contributed by atoms with van der Waals surface area (Å²) < 4.78 is 39.5. The number of hydrogen-bond acceptors (Lipinski definition) is 7. The molecule has 1 aliphatic heterocycles. The van der Waals surface area contributed by atoms with E-state index in [1.807, 2.05) is 0 Å². The Labute approximate surface area is 165 Å². The zero-order chi connectivity index (χ0) is 19.2. The first-order chi connectivity index (χ1) is 12.8. The molecule has 4 rings (SSSR count). The summed E-state index contributed by atoms with van der Waals surface area (Å²) in [6, 6.07) is 4.77. The average Bonchev–Trinajstić information content (AvgIpc) is 3.19. The summed E-state index contributed by atoms with van der Waals surface area (Å²) in [5, 5.41) is 4.63. The Morgan fingerprint density at radius 2 is 2.11 bits per heavy atom. The van der Waals surface area contributed by atoms with Gasteiger partial charge in [0.15, 0.2) is 5.82 Å². The van der Waals surface area contributed by atoms with Crippen molar-refractivity contribution in [1.82, 2.24) is 10.1 Å². The molecule has 142 valence electrons. The maximum Gasteiger partial charge on any atom is 0.262 e. The van der Waals surface area contributed by atoms with Crippen molar-refractivity contribution in [2.24, 2.45) is 0 Å². The largest absolute Gasteiger partial charge is 0.376 e. The predicted octanol–water partition coefficient (Wildman–Crippen LogP) is 3.94. The van der Waals surface area contributed by atoms with E-state index in [4.69, 9.17) is 20.9 Å². The van der Waals surface area contributed by atoms with E-state index < -0.39 is 10.0 Å². The van der Waals surface area contributed by atoms with Gasteiger partial charge in [-0.3, -0.25) is 4.72 Å². The molecule has 0 saturated heterocycles. The number of nitrogens with one attached hydrogen (secondary N) is 1. The Hall–Kier alpha value is -1.94. The van der Waals surface area contributed by atoms with E-state index in [1.54, 1.807) is 26.0 Å². The van der Waals surface area contributed by atoms with Gasteiger partial charge in [0.2, 0.25) is 0 Å². The van der Waals surface area contributed by atoms with Crippen LogP contribution in [0.4, 0.5) is 5.00 Å². The van der Waals surface area contributed by atoms with Crippen molar-refractivity contribution in [3.05, 3.63) is 45.1 Å². The van der Waals surface area contributed by atoms with Crippen LogP contribution in [0.1, 0.15) is 21.8 Å². The SMILES string of the molecule is Cc1noc(-c2c(NS(=O)(=O)c3cc(Cl)ccc3C)sc3c2CCOC3)n1. The van der Waals surface area contributed by atoms with E-state index in [2.05, 4.69) is 14.9 Å². The average molecular weight is 426 g/mol. The number of thiophene rings is 1. The highest BCUT2D eigenvalue weighted by Gasteiger charge is 2.29. The first kappa shape index (κ1) is 18.4. The van der Waals surface area contributed by atoms with Gasteiger partial charge in [0.1, 0.15) is 5.00 Å². The van der Waals surface area contributed by atoms with E-state index in [-0.39, 0.29) is 4.90 Å². The number of aryl methyl sites for hydroxylation is 2. The molecule has 7 nitrogen and oxygen atoms in total. The molecule has 0 bridgehead atoms. The van der Waals surface area contributed by atoms with Crippen LogP contribution < -0.4 is 4.72 Å². The number of fused-ring (bicyclic) bond motifs is 1. The van der Waals surface area contributed by atoms with Crippen LogP contribution in [0, 0.1) is 13.8 Å². The minimum atomic E-state index is -3.84. The molecule has 0 unspecified atom stereocenters. The molecule has 3 aromatic rings. The van der Waals surface area contributed by atoms with Gasteiger partial charge < -0.3 is 9.26 Å². The van der Waals surface area contributed by atoms with Gasteiger partial charge in [0.05, 0.1) is 23.7 Å². The van der Waals surface area contributed by atoms with E-state index in [1.165, 1.54) is 17.4 Å². The summed E-state index contributed by atoms with van der Waals surface area (Å²) in [5.74, 6) is 0.781. The third-order valence-electron chi connectivity index (χ3n) is 4.23. The van der Waals surface area contributed by atoms with Crippen LogP contribution in [0.15, 0.2) is 27.6 Å². The van der Waals surface area contributed by atoms with Crippen LogP contribution in [0.5, 0.6) is 0 Å². The topological polar surface area (TPSA) is 94.3 Å². The molecule has 0 aliphatic carbocycles. The van der Waals surface area contributed by atoms with Crippen molar-refractivity contribution >= 4 is 38.0 Å². The molecule has 3 heterocycles. The molecule has 0 saturated carbocycles. The number of ether oxygens (including phenoxy) is 1. The maximum atomic E-state index is 13.0. The fraction of sp³-hybridized carbons (Fsp3) is 0.294. The van der Waals surface area contributed by atoms with E-state index in [0.29, 0.717) is 52.5 Å². The molecule has 1 N–H and O–H groups in total. The zero-order valence-corrected chi connectivity index (χ0v) is 17.0. The highest BCUT2D eigenvalue weighted by atomic mass is 35.5. The summed E-state index contributed by atoms with van der Waals surface area (Å²) in [6.07, 6.45) is 0.653. The van der Waals surface area contributed by atoms with Crippen molar-refractivity contribution in [1.29, 1.82) is 0 Å². The third-order valence-corrected chi connectivity index (χ3v) is 7.21. The first-order valence-electron chi connectivity index (χ1n) is 8.17. The number of nitrogens with zero attached hydrogens (tertiary/aromatic N) is 2. The van der Waals surface area contributed by atoms with Gasteiger partial charge in [-0.25, -0.2) is 8.42 Å². The zero-order valence-electron chi connectivity index (χ0n) is 14.6. The second-order valence-corrected chi connectivity index (χ2v) is 9.36. The molecule has 0 amide bonds. The molecule has 27 heavy (non-hydrogen) atoms. The van der Waals surface area contributed by atoms with E-state index >= 15 is 0 Å². The molecular formula is C17H16ClN3O4S2. The molecule has 0 fully saturated rings. The van der Waals surface area contributed by atoms with Gasteiger partial charge in [-0.05, 0) is 43.5 Å². The van der Waals surface area contributed by atoms with Gasteiger partial charge >= 0.3 is 0 Å². The van der Waals surface area contributed by atoms with Crippen LogP contribution >= 0.6 is 22.9 Å². The fourth-order valence-electron chi connectivity index (χ4n) is 2.97. The van der Waals surface area contributed by atoms with Gasteiger partial charge in [0.25, 0.3) is 15.9 Å². The standard InChI is InChI=1S/C17H16ClN3O4S2/c1-9-3-4-11(18)7-14(9)27(22,23)21-17-15(16-19-10(2)20-25-16)12-5-6-24-8-13(12)26-17/h3-4,7,21H,5-6,8H2,1-2H3. The number of benzene rings is 1. The number of anilines is 1. The Morgan fingerprint density at radius 3 is 2.85 bits per heavy atom. The second-order valence-electron chi connectivity index (χ2n) is 6.17. The van der Waals surface area contributed by atoms with Crippen LogP contribution in [0.25, 0.3) is 11.5 Å². The van der Waals surface area contributed by atoms with Gasteiger partial charge in [0, 0.05) is 9.90 Å². The van der Waals surface area contributed by atoms with Crippen molar-refractivity contribution in [2.45, 2.75) is 31.8 Å². The van der Waals surface area contributed by atoms with E-state index in [9.17, 15) is 8.42 Å². The summed E-state index contributed by atoms with van der Waals surface area (Å²) >= 11 is 7.32. The van der Waals surface area contributed by atoms with Crippen molar-refractivity contribution in [2.75, 3.05) is 11.3 Å². The lowest BCUT2D eigenvalue weighted by molar-refractivity contribution is 0.113. The first-order valence-corrected chi connectivity index (χ1v) is 10.8. The fourth-order valence-corrected chi connectivity index (χ4v) is 5.96. The highest BCUT2D eigenvalue weighted by molar-refractivity contribution is 7.93. The van der Waals surface area contributed by atoms with Gasteiger partial charge in [-0.15, -0.1) is 11.3 Å². The molecule has 2 aromatic heterocycles. The summed E-state index contributed by atoms with van der Waals surface area (Å²) in [4.78, 5) is 5.37. The van der Waals surface area contributed by atoms with Crippen LogP contribution in [-0.2, 0) is 27.8 Å². The van der Waals surface area contributed by atoms with Crippen LogP contribution in [0.3, 0.4) is 0 Å². The summed E-state index contributed by atoms with van der Waals surface area (Å²) in [6.45, 7) is 4.43. The minimum absolute atomic E-state index is 0.130. The Kier molecular flexibility index (Phi) is 4.71. The number of halogens is 1. The number of aromatic nitrogens is 2. The lowest BCUT2D eigenvalue weighted by Crippen LogP contribution is -2.14. The number of sulfonamides is 1. The van der Waals surface area contributed by atoms with Crippen molar-refractivity contribution in [3.8, 4) is 11.5 Å². The quantitative estimate of drug-likeness (QED) is 0.680. The molecule has 10 heteroatoms. The second kappa shape index (κ2) is 6.90. The number of hydrogen-bond donors (Lipinski definition) is 1. The maximum absolute atomic E-state index is 13.0. The lowest BCUT2D eigenvalue weighted by atomic mass is 10.1. The predicted molar refractivity (Wildman–Crippen MR) is 103 cm³/mol. The van der Waals surface area contributed by atoms with Crippen molar-refractivity contribution < 1.29 is 17.7 Å². The third kappa shape index (κ3) is 3.47. The smallest absolute Gasteiger partial charge is 0.262 e. The summed E-state index contributed by atoms with van der Waals surface area (Å²) in [5.41, 5.74) is 2.21. The Morgan fingerprint density at radius 1 is 1.30 bits per heavy atom. The molecule has 0 radical (unpaired) electrons. The molecule has 0 atom stereocenters. The van der Waals surface area contributed by atoms with Gasteiger partial charge in [-0.2, -0.15) is 4.98 Å².